The number of nitrogens with zero attached hydrogens (tertiary/aromatic N) is 4. The fourth-order valence-corrected chi connectivity index (χ4v) is 3.93. The summed E-state index contributed by atoms with van der Waals surface area (Å²) in [4.78, 5) is 30.6. The number of aryl methyl sites for hydroxylation is 1. The third-order valence-electron chi connectivity index (χ3n) is 6.05. The SMILES string of the molecule is Cn1cc(-c2cc(Oc3cc(F)c(N(C(=O)C4(C(N)=O)CC4)c4ccccc4)cc3F)ccn2)cn1. The number of halogens is 2. The van der Waals surface area contributed by atoms with Gasteiger partial charge >= 0.3 is 0 Å². The van der Waals surface area contributed by atoms with E-state index in [4.69, 9.17) is 10.5 Å². The number of hydrogen-bond donors (Lipinski definition) is 1. The van der Waals surface area contributed by atoms with Crippen LogP contribution in [0.4, 0.5) is 20.2 Å². The van der Waals surface area contributed by atoms with Crippen LogP contribution in [0.25, 0.3) is 11.3 Å². The van der Waals surface area contributed by atoms with Gasteiger partial charge < -0.3 is 10.5 Å². The summed E-state index contributed by atoms with van der Waals surface area (Å²) < 4.78 is 37.8. The van der Waals surface area contributed by atoms with Crippen LogP contribution in [0.5, 0.6) is 11.5 Å². The molecule has 4 aromatic rings. The van der Waals surface area contributed by atoms with Crippen molar-refractivity contribution >= 4 is 23.2 Å². The van der Waals surface area contributed by atoms with E-state index in [1.54, 1.807) is 60.5 Å². The lowest BCUT2D eigenvalue weighted by Gasteiger charge is -2.27. The standard InChI is InChI=1S/C26H21F2N5O3/c1-32-15-16(14-31-32)21-11-18(7-10-30-21)36-23-13-19(27)22(12-20(23)28)33(17-5-3-2-4-6-17)25(35)26(8-9-26)24(29)34/h2-7,10-15H,8-9H2,1H3,(H2,29,34). The van der Waals surface area contributed by atoms with Crippen molar-refractivity contribution in [3.63, 3.8) is 0 Å². The van der Waals surface area contributed by atoms with Gasteiger partial charge in [0.15, 0.2) is 17.4 Å². The van der Waals surface area contributed by atoms with Crippen LogP contribution in [-0.4, -0.2) is 26.6 Å². The van der Waals surface area contributed by atoms with E-state index < -0.39 is 28.9 Å². The molecule has 2 aromatic heterocycles. The third-order valence-corrected chi connectivity index (χ3v) is 6.05. The number of para-hydroxylation sites is 1. The number of rotatable bonds is 7. The molecular formula is C26H21F2N5O3. The number of primary amides is 1. The highest BCUT2D eigenvalue weighted by atomic mass is 19.1. The van der Waals surface area contributed by atoms with Crippen molar-refractivity contribution in [1.29, 1.82) is 0 Å². The van der Waals surface area contributed by atoms with Gasteiger partial charge in [-0.1, -0.05) is 18.2 Å². The Morgan fingerprint density at radius 1 is 1.08 bits per heavy atom. The second-order valence-electron chi connectivity index (χ2n) is 8.54. The Morgan fingerprint density at radius 3 is 2.47 bits per heavy atom. The lowest BCUT2D eigenvalue weighted by atomic mass is 10.0. The van der Waals surface area contributed by atoms with Crippen LogP contribution >= 0.6 is 0 Å². The maximum Gasteiger partial charge on any atom is 0.247 e. The maximum atomic E-state index is 15.4. The normalized spacial score (nSPS) is 13.8. The smallest absolute Gasteiger partial charge is 0.247 e. The minimum absolute atomic E-state index is 0.233. The summed E-state index contributed by atoms with van der Waals surface area (Å²) in [5.74, 6) is -3.46. The zero-order chi connectivity index (χ0) is 25.4. The number of nitrogens with two attached hydrogens (primary N) is 1. The molecule has 1 fully saturated rings. The summed E-state index contributed by atoms with van der Waals surface area (Å²) in [6.45, 7) is 0. The highest BCUT2D eigenvalue weighted by Crippen LogP contribution is 2.49. The highest BCUT2D eigenvalue weighted by Gasteiger charge is 2.57. The van der Waals surface area contributed by atoms with E-state index in [1.807, 2.05) is 0 Å². The van der Waals surface area contributed by atoms with Crippen molar-refractivity contribution in [2.75, 3.05) is 4.90 Å². The summed E-state index contributed by atoms with van der Waals surface area (Å²) in [6.07, 6.45) is 5.35. The van der Waals surface area contributed by atoms with Gasteiger partial charge in [0, 0.05) is 48.9 Å². The molecule has 182 valence electrons. The predicted molar refractivity (Wildman–Crippen MR) is 127 cm³/mol. The van der Waals surface area contributed by atoms with E-state index in [2.05, 4.69) is 10.1 Å². The van der Waals surface area contributed by atoms with Gasteiger partial charge in [-0.25, -0.2) is 8.78 Å². The number of carbonyl (C=O) groups excluding carboxylic acids is 2. The quantitative estimate of drug-likeness (QED) is 0.386. The van der Waals surface area contributed by atoms with Crippen LogP contribution in [0.15, 0.2) is 73.2 Å². The Bertz CT molecular complexity index is 1470. The van der Waals surface area contributed by atoms with Gasteiger partial charge in [0.1, 0.15) is 11.2 Å². The Morgan fingerprint density at radius 2 is 1.83 bits per heavy atom. The van der Waals surface area contributed by atoms with E-state index in [9.17, 15) is 9.59 Å². The summed E-state index contributed by atoms with van der Waals surface area (Å²) in [5, 5.41) is 4.10. The zero-order valence-corrected chi connectivity index (χ0v) is 19.2. The van der Waals surface area contributed by atoms with Crippen LogP contribution in [-0.2, 0) is 16.6 Å². The zero-order valence-electron chi connectivity index (χ0n) is 19.2. The average Bonchev–Trinajstić information content (AvgIpc) is 3.58. The molecular weight excluding hydrogens is 468 g/mol. The molecule has 36 heavy (non-hydrogen) atoms. The fraction of sp³-hybridized carbons (Fsp3) is 0.154. The minimum Gasteiger partial charge on any atom is -0.454 e. The molecule has 8 nitrogen and oxygen atoms in total. The lowest BCUT2D eigenvalue weighted by Crippen LogP contribution is -2.41. The predicted octanol–water partition coefficient (Wildman–Crippen LogP) is 4.48. The highest BCUT2D eigenvalue weighted by molar-refractivity contribution is 6.16. The lowest BCUT2D eigenvalue weighted by molar-refractivity contribution is -0.133. The van der Waals surface area contributed by atoms with Gasteiger partial charge in [0.05, 0.1) is 17.6 Å². The molecule has 0 saturated heterocycles. The average molecular weight is 489 g/mol. The minimum atomic E-state index is -1.44. The molecule has 0 spiro atoms. The molecule has 0 aliphatic heterocycles. The van der Waals surface area contributed by atoms with Crippen molar-refractivity contribution in [2.45, 2.75) is 12.8 Å². The number of amides is 2. The molecule has 1 saturated carbocycles. The van der Waals surface area contributed by atoms with Crippen LogP contribution in [0.2, 0.25) is 0 Å². The van der Waals surface area contributed by atoms with Gasteiger partial charge in [0.2, 0.25) is 11.8 Å². The molecule has 2 N–H and O–H groups in total. The van der Waals surface area contributed by atoms with E-state index in [0.717, 1.165) is 22.6 Å². The largest absolute Gasteiger partial charge is 0.454 e. The van der Waals surface area contributed by atoms with Gasteiger partial charge in [-0.3, -0.25) is 24.2 Å². The van der Waals surface area contributed by atoms with Gasteiger partial charge in [0.25, 0.3) is 0 Å². The first kappa shape index (κ1) is 23.2. The van der Waals surface area contributed by atoms with Crippen molar-refractivity contribution in [2.24, 2.45) is 18.2 Å². The Hall–Kier alpha value is -4.60. The monoisotopic (exact) mass is 489 g/mol. The van der Waals surface area contributed by atoms with E-state index >= 15 is 8.78 Å². The first-order valence-electron chi connectivity index (χ1n) is 11.1. The number of anilines is 2. The maximum absolute atomic E-state index is 15.4. The topological polar surface area (TPSA) is 103 Å². The second-order valence-corrected chi connectivity index (χ2v) is 8.54. The number of ether oxygens (including phenoxy) is 1. The summed E-state index contributed by atoms with van der Waals surface area (Å²) in [6, 6.07) is 13.0. The Kier molecular flexibility index (Phi) is 5.71. The molecule has 10 heteroatoms. The first-order chi connectivity index (χ1) is 17.3. The van der Waals surface area contributed by atoms with E-state index in [1.165, 1.54) is 12.3 Å². The van der Waals surface area contributed by atoms with E-state index in [-0.39, 0.29) is 35.7 Å². The molecule has 5 rings (SSSR count). The molecule has 2 amide bonds. The van der Waals surface area contributed by atoms with Gasteiger partial charge in [-0.2, -0.15) is 5.10 Å². The number of pyridine rings is 1. The van der Waals surface area contributed by atoms with Crippen molar-refractivity contribution in [3.05, 3.63) is 84.8 Å². The van der Waals surface area contributed by atoms with Crippen LogP contribution in [0, 0.1) is 17.0 Å². The Balaban J connectivity index is 1.50. The molecule has 2 aromatic carbocycles. The number of aromatic nitrogens is 3. The summed E-state index contributed by atoms with van der Waals surface area (Å²) in [7, 11) is 1.77. The molecule has 2 heterocycles. The molecule has 0 unspecified atom stereocenters. The van der Waals surface area contributed by atoms with Crippen molar-refractivity contribution in [1.82, 2.24) is 14.8 Å². The third kappa shape index (κ3) is 4.17. The van der Waals surface area contributed by atoms with Crippen molar-refractivity contribution < 1.29 is 23.1 Å². The first-order valence-corrected chi connectivity index (χ1v) is 11.1. The number of carbonyl (C=O) groups is 2. The molecule has 1 aliphatic rings. The summed E-state index contributed by atoms with van der Waals surface area (Å²) in [5.41, 5.74) is 5.23. The van der Waals surface area contributed by atoms with Gasteiger partial charge in [-0.05, 0) is 31.0 Å². The second kappa shape index (κ2) is 8.88. The summed E-state index contributed by atoms with van der Waals surface area (Å²) >= 11 is 0. The van der Waals surface area contributed by atoms with Gasteiger partial charge in [-0.15, -0.1) is 0 Å². The molecule has 0 bridgehead atoms. The number of hydrogen-bond acceptors (Lipinski definition) is 5. The van der Waals surface area contributed by atoms with Crippen LogP contribution in [0.3, 0.4) is 0 Å². The molecule has 0 radical (unpaired) electrons. The van der Waals surface area contributed by atoms with Crippen LogP contribution in [0.1, 0.15) is 12.8 Å². The Labute approximate surface area is 204 Å². The molecule has 1 aliphatic carbocycles. The van der Waals surface area contributed by atoms with Crippen LogP contribution < -0.4 is 15.4 Å². The fourth-order valence-electron chi connectivity index (χ4n) is 3.93. The van der Waals surface area contributed by atoms with E-state index in [0.29, 0.717) is 5.69 Å². The number of benzene rings is 2. The van der Waals surface area contributed by atoms with Crippen molar-refractivity contribution in [3.8, 4) is 22.8 Å². The molecule has 0 atom stereocenters.